The zero-order valence-electron chi connectivity index (χ0n) is 18.5. The van der Waals surface area contributed by atoms with Crippen molar-refractivity contribution < 1.29 is 13.2 Å². The van der Waals surface area contributed by atoms with Crippen molar-refractivity contribution in [3.63, 3.8) is 0 Å². The number of aromatic nitrogens is 1. The van der Waals surface area contributed by atoms with Crippen LogP contribution in [0.5, 0.6) is 0 Å². The molecule has 2 heterocycles. The molecule has 170 valence electrons. The highest BCUT2D eigenvalue weighted by molar-refractivity contribution is 7.89. The quantitative estimate of drug-likeness (QED) is 0.656. The maximum atomic E-state index is 12.6. The molecule has 0 radical (unpaired) electrons. The van der Waals surface area contributed by atoms with Crippen LogP contribution in [0, 0.1) is 17.2 Å². The molecule has 1 aromatic carbocycles. The van der Waals surface area contributed by atoms with E-state index < -0.39 is 10.0 Å². The van der Waals surface area contributed by atoms with Gasteiger partial charge in [0.1, 0.15) is 11.9 Å². The molecule has 2 aromatic rings. The normalized spacial score (nSPS) is 14.9. The van der Waals surface area contributed by atoms with Crippen molar-refractivity contribution in [1.82, 2.24) is 14.6 Å². The van der Waals surface area contributed by atoms with Crippen molar-refractivity contribution in [3.05, 3.63) is 53.7 Å². The molecular formula is C23H29N5O3S. The van der Waals surface area contributed by atoms with Gasteiger partial charge in [0.2, 0.25) is 10.0 Å². The van der Waals surface area contributed by atoms with E-state index in [9.17, 15) is 18.5 Å². The molecule has 1 aliphatic heterocycles. The van der Waals surface area contributed by atoms with E-state index in [-0.39, 0.29) is 10.8 Å². The maximum absolute atomic E-state index is 12.6. The molecule has 3 rings (SSSR count). The molecule has 1 amide bonds. The highest BCUT2D eigenvalue weighted by Crippen LogP contribution is 2.24. The number of carbonyl (C=O) groups excluding carboxylic acids is 1. The molecule has 1 aliphatic rings. The minimum Gasteiger partial charge on any atom is -0.356 e. The standard InChI is InChI=1S/C23H29N5O3S/c1-3-28(4-2)32(30,31)21-9-7-19(8-10-21)23(29)26-17-18-11-14-27(15-12-18)22-20(16-24)6-5-13-25-22/h5-10,13,18H,3-4,11-12,14-15,17H2,1-2H3,(H,26,29). The minimum atomic E-state index is -3.53. The molecule has 0 aliphatic carbocycles. The van der Waals surface area contributed by atoms with Crippen LogP contribution >= 0.6 is 0 Å². The highest BCUT2D eigenvalue weighted by atomic mass is 32.2. The Morgan fingerprint density at radius 3 is 2.44 bits per heavy atom. The van der Waals surface area contributed by atoms with Crippen LogP contribution in [-0.2, 0) is 10.0 Å². The summed E-state index contributed by atoms with van der Waals surface area (Å²) in [6.07, 6.45) is 3.48. The van der Waals surface area contributed by atoms with Crippen molar-refractivity contribution in [2.75, 3.05) is 37.6 Å². The summed E-state index contributed by atoms with van der Waals surface area (Å²) in [6.45, 7) is 6.52. The van der Waals surface area contributed by atoms with Gasteiger partial charge in [0.05, 0.1) is 10.5 Å². The van der Waals surface area contributed by atoms with Gasteiger partial charge in [0.15, 0.2) is 0 Å². The lowest BCUT2D eigenvalue weighted by Gasteiger charge is -2.33. The Kier molecular flexibility index (Phi) is 7.83. The number of hydrogen-bond donors (Lipinski definition) is 1. The summed E-state index contributed by atoms with van der Waals surface area (Å²) in [5.41, 5.74) is 1.01. The van der Waals surface area contributed by atoms with Gasteiger partial charge < -0.3 is 10.2 Å². The van der Waals surface area contributed by atoms with Gasteiger partial charge in [-0.15, -0.1) is 0 Å². The number of rotatable bonds is 8. The highest BCUT2D eigenvalue weighted by Gasteiger charge is 2.24. The molecular weight excluding hydrogens is 426 g/mol. The fraction of sp³-hybridized carbons (Fsp3) is 0.435. The zero-order valence-corrected chi connectivity index (χ0v) is 19.3. The maximum Gasteiger partial charge on any atom is 0.251 e. The van der Waals surface area contributed by atoms with E-state index >= 15 is 0 Å². The second kappa shape index (κ2) is 10.6. The smallest absolute Gasteiger partial charge is 0.251 e. The van der Waals surface area contributed by atoms with Crippen molar-refractivity contribution >= 4 is 21.7 Å². The fourth-order valence-electron chi connectivity index (χ4n) is 3.92. The van der Waals surface area contributed by atoms with Crippen molar-refractivity contribution in [1.29, 1.82) is 5.26 Å². The zero-order chi connectivity index (χ0) is 23.1. The predicted octanol–water partition coefficient (Wildman–Crippen LogP) is 2.63. The third-order valence-corrected chi connectivity index (χ3v) is 7.90. The number of piperidine rings is 1. The molecule has 0 saturated carbocycles. The van der Waals surface area contributed by atoms with Gasteiger partial charge in [0, 0.05) is 44.5 Å². The van der Waals surface area contributed by atoms with E-state index in [2.05, 4.69) is 21.3 Å². The first kappa shape index (κ1) is 23.7. The SMILES string of the molecule is CCN(CC)S(=O)(=O)c1ccc(C(=O)NCC2CCN(c3ncccc3C#N)CC2)cc1. The number of pyridine rings is 1. The Morgan fingerprint density at radius 2 is 1.84 bits per heavy atom. The number of anilines is 1. The predicted molar refractivity (Wildman–Crippen MR) is 123 cm³/mol. The van der Waals surface area contributed by atoms with E-state index in [0.29, 0.717) is 36.7 Å². The Morgan fingerprint density at radius 1 is 1.19 bits per heavy atom. The third kappa shape index (κ3) is 5.26. The number of nitrogens with zero attached hydrogens (tertiary/aromatic N) is 4. The Balaban J connectivity index is 1.53. The molecule has 1 aromatic heterocycles. The van der Waals surface area contributed by atoms with Crippen molar-refractivity contribution in [2.45, 2.75) is 31.6 Å². The summed E-state index contributed by atoms with van der Waals surface area (Å²) in [4.78, 5) is 19.2. The summed E-state index contributed by atoms with van der Waals surface area (Å²) in [7, 11) is -3.53. The fourth-order valence-corrected chi connectivity index (χ4v) is 5.37. The van der Waals surface area contributed by atoms with Gasteiger partial charge in [0.25, 0.3) is 5.91 Å². The number of benzene rings is 1. The first-order valence-corrected chi connectivity index (χ1v) is 12.3. The van der Waals surface area contributed by atoms with Crippen LogP contribution in [0.2, 0.25) is 0 Å². The third-order valence-electron chi connectivity index (χ3n) is 5.83. The van der Waals surface area contributed by atoms with Crippen LogP contribution < -0.4 is 10.2 Å². The van der Waals surface area contributed by atoms with Crippen LogP contribution in [-0.4, -0.2) is 56.3 Å². The largest absolute Gasteiger partial charge is 0.356 e. The van der Waals surface area contributed by atoms with Crippen LogP contribution in [0.25, 0.3) is 0 Å². The average molecular weight is 456 g/mol. The van der Waals surface area contributed by atoms with Crippen LogP contribution in [0.3, 0.4) is 0 Å². The van der Waals surface area contributed by atoms with Gasteiger partial charge in [-0.25, -0.2) is 13.4 Å². The molecule has 0 unspecified atom stereocenters. The molecule has 0 atom stereocenters. The lowest BCUT2D eigenvalue weighted by atomic mass is 9.96. The molecule has 1 fully saturated rings. The van der Waals surface area contributed by atoms with Gasteiger partial charge in [-0.3, -0.25) is 4.79 Å². The topological polar surface area (TPSA) is 106 Å². The molecule has 8 nitrogen and oxygen atoms in total. The molecule has 9 heteroatoms. The molecule has 0 bridgehead atoms. The minimum absolute atomic E-state index is 0.191. The molecule has 0 spiro atoms. The number of sulfonamides is 1. The number of amides is 1. The number of hydrogen-bond acceptors (Lipinski definition) is 6. The Bertz CT molecular complexity index is 1070. The number of nitrogens with one attached hydrogen (secondary N) is 1. The first-order chi connectivity index (χ1) is 15.4. The summed E-state index contributed by atoms with van der Waals surface area (Å²) >= 11 is 0. The van der Waals surface area contributed by atoms with Gasteiger partial charge >= 0.3 is 0 Å². The molecule has 1 saturated heterocycles. The van der Waals surface area contributed by atoms with Crippen LogP contribution in [0.4, 0.5) is 5.82 Å². The Hall–Kier alpha value is -2.96. The van der Waals surface area contributed by atoms with Crippen LogP contribution in [0.15, 0.2) is 47.5 Å². The lowest BCUT2D eigenvalue weighted by molar-refractivity contribution is 0.0944. The average Bonchev–Trinajstić information content (AvgIpc) is 2.83. The molecule has 1 N–H and O–H groups in total. The monoisotopic (exact) mass is 455 g/mol. The van der Waals surface area contributed by atoms with E-state index in [1.54, 1.807) is 44.3 Å². The first-order valence-electron chi connectivity index (χ1n) is 10.9. The number of nitriles is 1. The summed E-state index contributed by atoms with van der Waals surface area (Å²) in [5, 5.41) is 12.2. The van der Waals surface area contributed by atoms with Gasteiger partial charge in [-0.05, 0) is 55.2 Å². The van der Waals surface area contributed by atoms with E-state index in [1.807, 2.05) is 0 Å². The van der Waals surface area contributed by atoms with E-state index in [4.69, 9.17) is 0 Å². The van der Waals surface area contributed by atoms with Gasteiger partial charge in [-0.2, -0.15) is 9.57 Å². The molecule has 32 heavy (non-hydrogen) atoms. The van der Waals surface area contributed by atoms with Crippen molar-refractivity contribution in [3.8, 4) is 6.07 Å². The second-order valence-electron chi connectivity index (χ2n) is 7.74. The van der Waals surface area contributed by atoms with Crippen molar-refractivity contribution in [2.24, 2.45) is 5.92 Å². The second-order valence-corrected chi connectivity index (χ2v) is 9.68. The Labute approximate surface area is 189 Å². The lowest BCUT2D eigenvalue weighted by Crippen LogP contribution is -2.39. The summed E-state index contributed by atoms with van der Waals surface area (Å²) in [6, 6.07) is 11.8. The summed E-state index contributed by atoms with van der Waals surface area (Å²) in [5.74, 6) is 0.847. The number of carbonyl (C=O) groups is 1. The van der Waals surface area contributed by atoms with E-state index in [1.165, 1.54) is 16.4 Å². The van der Waals surface area contributed by atoms with Crippen LogP contribution in [0.1, 0.15) is 42.6 Å². The van der Waals surface area contributed by atoms with Gasteiger partial charge in [-0.1, -0.05) is 13.8 Å². The van der Waals surface area contributed by atoms with E-state index in [0.717, 1.165) is 31.7 Å². The summed E-state index contributed by atoms with van der Waals surface area (Å²) < 4.78 is 26.5.